The van der Waals surface area contributed by atoms with Crippen LogP contribution in [0.3, 0.4) is 0 Å². The van der Waals surface area contributed by atoms with Crippen LogP contribution in [0.4, 0.5) is 0 Å². The normalized spacial score (nSPS) is 10.7. The molecule has 0 saturated heterocycles. The molecule has 0 atom stereocenters. The largest absolute Gasteiger partial charge is 0.354 e. The monoisotopic (exact) mass is 304 g/mol. The lowest BCUT2D eigenvalue weighted by molar-refractivity contribution is 0.920. The van der Waals surface area contributed by atoms with Gasteiger partial charge in [0.25, 0.3) is 0 Å². The molecule has 0 aliphatic rings. The Morgan fingerprint density at radius 2 is 2.04 bits per heavy atom. The lowest BCUT2D eigenvalue weighted by Gasteiger charge is -2.10. The molecule has 1 heterocycles. The van der Waals surface area contributed by atoms with Crippen molar-refractivity contribution in [3.8, 4) is 17.3 Å². The molecule has 0 unspecified atom stereocenters. The van der Waals surface area contributed by atoms with E-state index in [2.05, 4.69) is 43.1 Å². The summed E-state index contributed by atoms with van der Waals surface area (Å²) in [7, 11) is 0. The van der Waals surface area contributed by atoms with Gasteiger partial charge in [-0.1, -0.05) is 37.6 Å². The molecular weight excluding hydrogens is 284 g/mol. The molecule has 2 aromatic carbocycles. The van der Waals surface area contributed by atoms with Crippen LogP contribution in [0.25, 0.3) is 22.2 Å². The van der Waals surface area contributed by atoms with Crippen molar-refractivity contribution in [2.24, 2.45) is 0 Å². The molecule has 3 rings (SSSR count). The number of aromatic amines is 1. The molecule has 0 spiro atoms. The molecule has 0 fully saturated rings. The maximum atomic E-state index is 12.5. The SMILES string of the molecule is CCCc1ccc(-c2cc(=O)c3c(C#N)cccc3[nH]2)c(C)c1.[HH]. The summed E-state index contributed by atoms with van der Waals surface area (Å²) in [5, 5.41) is 9.63. The predicted molar refractivity (Wildman–Crippen MR) is 95.6 cm³/mol. The van der Waals surface area contributed by atoms with Gasteiger partial charge < -0.3 is 4.98 Å². The fraction of sp³-hybridized carbons (Fsp3) is 0.200. The van der Waals surface area contributed by atoms with Crippen molar-refractivity contribution >= 4 is 10.9 Å². The van der Waals surface area contributed by atoms with Crippen LogP contribution in [0.2, 0.25) is 0 Å². The zero-order valence-electron chi connectivity index (χ0n) is 13.3. The van der Waals surface area contributed by atoms with Crippen LogP contribution in [-0.2, 0) is 6.42 Å². The number of nitrogens with one attached hydrogen (secondary N) is 1. The quantitative estimate of drug-likeness (QED) is 0.770. The molecule has 0 saturated carbocycles. The van der Waals surface area contributed by atoms with E-state index >= 15 is 0 Å². The van der Waals surface area contributed by atoms with E-state index in [1.807, 2.05) is 6.07 Å². The van der Waals surface area contributed by atoms with E-state index < -0.39 is 0 Å². The van der Waals surface area contributed by atoms with Gasteiger partial charge in [-0.15, -0.1) is 0 Å². The third-order valence-electron chi connectivity index (χ3n) is 4.10. The Labute approximate surface area is 136 Å². The van der Waals surface area contributed by atoms with Gasteiger partial charge in [0, 0.05) is 18.8 Å². The van der Waals surface area contributed by atoms with Crippen molar-refractivity contribution in [2.75, 3.05) is 0 Å². The van der Waals surface area contributed by atoms with Gasteiger partial charge in [0.2, 0.25) is 0 Å². The number of hydrogen-bond donors (Lipinski definition) is 1. The van der Waals surface area contributed by atoms with E-state index in [9.17, 15) is 4.79 Å². The van der Waals surface area contributed by atoms with Crippen molar-refractivity contribution in [2.45, 2.75) is 26.7 Å². The van der Waals surface area contributed by atoms with Crippen LogP contribution in [0.15, 0.2) is 47.3 Å². The van der Waals surface area contributed by atoms with Crippen molar-refractivity contribution in [1.82, 2.24) is 4.98 Å². The van der Waals surface area contributed by atoms with Crippen LogP contribution in [0.5, 0.6) is 0 Å². The van der Waals surface area contributed by atoms with Gasteiger partial charge in [-0.05, 0) is 36.6 Å². The summed E-state index contributed by atoms with van der Waals surface area (Å²) >= 11 is 0. The zero-order chi connectivity index (χ0) is 16.4. The van der Waals surface area contributed by atoms with E-state index in [4.69, 9.17) is 5.26 Å². The van der Waals surface area contributed by atoms with Crippen molar-refractivity contribution in [3.05, 3.63) is 69.4 Å². The molecule has 0 aliphatic heterocycles. The summed E-state index contributed by atoms with van der Waals surface area (Å²) in [6.45, 7) is 4.22. The Hall–Kier alpha value is -2.86. The third-order valence-corrected chi connectivity index (χ3v) is 4.10. The van der Waals surface area contributed by atoms with Crippen LogP contribution < -0.4 is 5.43 Å². The average Bonchev–Trinajstić information content (AvgIpc) is 2.54. The molecule has 23 heavy (non-hydrogen) atoms. The minimum atomic E-state index is -0.122. The average molecular weight is 304 g/mol. The second kappa shape index (κ2) is 6.10. The van der Waals surface area contributed by atoms with E-state index in [1.165, 1.54) is 5.56 Å². The zero-order valence-corrected chi connectivity index (χ0v) is 13.3. The first-order chi connectivity index (χ1) is 11.1. The first kappa shape index (κ1) is 15.1. The first-order valence-electron chi connectivity index (χ1n) is 7.80. The Morgan fingerprint density at radius 3 is 2.74 bits per heavy atom. The fourth-order valence-electron chi connectivity index (χ4n) is 3.02. The topological polar surface area (TPSA) is 56.6 Å². The molecule has 0 bridgehead atoms. The Morgan fingerprint density at radius 1 is 1.22 bits per heavy atom. The lowest BCUT2D eigenvalue weighted by atomic mass is 9.99. The number of rotatable bonds is 3. The second-order valence-electron chi connectivity index (χ2n) is 5.79. The smallest absolute Gasteiger partial charge is 0.191 e. The predicted octanol–water partition coefficient (Wildman–Crippen LogP) is 4.57. The summed E-state index contributed by atoms with van der Waals surface area (Å²) in [6.07, 6.45) is 2.17. The van der Waals surface area contributed by atoms with Crippen LogP contribution >= 0.6 is 0 Å². The molecule has 3 aromatic rings. The number of pyridine rings is 1. The van der Waals surface area contributed by atoms with Gasteiger partial charge in [-0.2, -0.15) is 5.26 Å². The summed E-state index contributed by atoms with van der Waals surface area (Å²) < 4.78 is 0. The van der Waals surface area contributed by atoms with E-state index in [1.54, 1.807) is 18.2 Å². The molecular formula is C20H20N2O. The van der Waals surface area contributed by atoms with E-state index in [0.717, 1.165) is 29.7 Å². The highest BCUT2D eigenvalue weighted by Gasteiger charge is 2.10. The molecule has 3 nitrogen and oxygen atoms in total. The Balaban J connectivity index is 0.00000208. The van der Waals surface area contributed by atoms with Gasteiger partial charge >= 0.3 is 0 Å². The molecule has 0 radical (unpaired) electrons. The minimum absolute atomic E-state index is 0. The van der Waals surface area contributed by atoms with Gasteiger partial charge in [0.05, 0.1) is 22.5 Å². The third kappa shape index (κ3) is 2.76. The van der Waals surface area contributed by atoms with Crippen LogP contribution in [0, 0.1) is 18.3 Å². The lowest BCUT2D eigenvalue weighted by Crippen LogP contribution is -2.05. The number of H-pyrrole nitrogens is 1. The number of aryl methyl sites for hydroxylation is 2. The van der Waals surface area contributed by atoms with Gasteiger partial charge in [0.1, 0.15) is 0 Å². The molecule has 0 aliphatic carbocycles. The summed E-state index contributed by atoms with van der Waals surface area (Å²) in [5.41, 5.74) is 5.24. The minimum Gasteiger partial charge on any atom is -0.354 e. The Bertz CT molecular complexity index is 983. The number of benzene rings is 2. The maximum absolute atomic E-state index is 12.5. The van der Waals surface area contributed by atoms with E-state index in [0.29, 0.717) is 16.5 Å². The van der Waals surface area contributed by atoms with E-state index in [-0.39, 0.29) is 6.86 Å². The molecule has 3 heteroatoms. The number of hydrogen-bond acceptors (Lipinski definition) is 2. The molecule has 0 amide bonds. The van der Waals surface area contributed by atoms with Crippen molar-refractivity contribution in [3.63, 3.8) is 0 Å². The Kier molecular flexibility index (Phi) is 3.99. The highest BCUT2D eigenvalue weighted by molar-refractivity contribution is 5.86. The first-order valence-corrected chi connectivity index (χ1v) is 7.80. The number of aromatic nitrogens is 1. The summed E-state index contributed by atoms with van der Waals surface area (Å²) in [5.74, 6) is 0. The highest BCUT2D eigenvalue weighted by atomic mass is 16.1. The molecule has 1 aromatic heterocycles. The van der Waals surface area contributed by atoms with Crippen molar-refractivity contribution in [1.29, 1.82) is 5.26 Å². The summed E-state index contributed by atoms with van der Waals surface area (Å²) in [6, 6.07) is 15.3. The maximum Gasteiger partial charge on any atom is 0.191 e. The number of nitrogens with zero attached hydrogens (tertiary/aromatic N) is 1. The summed E-state index contributed by atoms with van der Waals surface area (Å²) in [4.78, 5) is 15.8. The van der Waals surface area contributed by atoms with Gasteiger partial charge in [-0.25, -0.2) is 0 Å². The van der Waals surface area contributed by atoms with Crippen molar-refractivity contribution < 1.29 is 1.43 Å². The van der Waals surface area contributed by atoms with Crippen LogP contribution in [0.1, 0.15) is 31.5 Å². The highest BCUT2D eigenvalue weighted by Crippen LogP contribution is 2.24. The standard InChI is InChI=1S/C20H18N2O.H2/c1-3-5-14-8-9-16(13(2)10-14)18-11-19(23)20-15(12-21)6-4-7-17(20)22-18;/h4,6-11H,3,5H2,1-2H3,(H,22,23);1H. The molecule has 1 N–H and O–H groups in total. The van der Waals surface area contributed by atoms with Gasteiger partial charge in [0.15, 0.2) is 5.43 Å². The molecule has 116 valence electrons. The fourth-order valence-corrected chi connectivity index (χ4v) is 3.02. The van der Waals surface area contributed by atoms with Gasteiger partial charge in [-0.3, -0.25) is 4.79 Å². The second-order valence-corrected chi connectivity index (χ2v) is 5.79. The van der Waals surface area contributed by atoms with Crippen LogP contribution in [-0.4, -0.2) is 4.98 Å². The number of fused-ring (bicyclic) bond motifs is 1. The number of nitriles is 1.